The minimum Gasteiger partial charge on any atom is -0.322 e. The van der Waals surface area contributed by atoms with Gasteiger partial charge in [0.1, 0.15) is 0 Å². The van der Waals surface area contributed by atoms with E-state index in [2.05, 4.69) is 10.3 Å². The molecule has 0 fully saturated rings. The minimum absolute atomic E-state index is 0.0139. The van der Waals surface area contributed by atoms with Gasteiger partial charge in [-0.25, -0.2) is 13.4 Å². The summed E-state index contributed by atoms with van der Waals surface area (Å²) in [5.41, 5.74) is 1.98. The second-order valence-electron chi connectivity index (χ2n) is 6.03. The second kappa shape index (κ2) is 8.89. The molecule has 0 aliphatic carbocycles. The molecule has 3 aromatic rings. The van der Waals surface area contributed by atoms with Crippen molar-refractivity contribution in [2.75, 3.05) is 11.1 Å². The van der Waals surface area contributed by atoms with Crippen molar-refractivity contribution in [1.82, 2.24) is 4.98 Å². The molecule has 0 bridgehead atoms. The highest BCUT2D eigenvalue weighted by atomic mass is 32.2. The number of amides is 1. The van der Waals surface area contributed by atoms with E-state index in [1.54, 1.807) is 48.2 Å². The van der Waals surface area contributed by atoms with Crippen molar-refractivity contribution >= 4 is 44.5 Å². The number of carbonyl (C=O) groups is 1. The Morgan fingerprint density at radius 3 is 2.68 bits per heavy atom. The number of aromatic nitrogens is 1. The maximum absolute atomic E-state index is 12.8. The maximum Gasteiger partial charge on any atom is 0.256 e. The molecule has 1 aromatic heterocycles. The first-order chi connectivity index (χ1) is 13.4. The van der Waals surface area contributed by atoms with Crippen molar-refractivity contribution in [3.05, 3.63) is 70.2 Å². The molecule has 0 unspecified atom stereocenters. The van der Waals surface area contributed by atoms with Crippen LogP contribution in [-0.4, -0.2) is 25.1 Å². The third-order valence-electron chi connectivity index (χ3n) is 4.00. The first-order valence-electron chi connectivity index (χ1n) is 8.66. The van der Waals surface area contributed by atoms with E-state index in [1.165, 1.54) is 12.1 Å². The predicted molar refractivity (Wildman–Crippen MR) is 115 cm³/mol. The third kappa shape index (κ3) is 5.01. The van der Waals surface area contributed by atoms with Gasteiger partial charge < -0.3 is 5.32 Å². The van der Waals surface area contributed by atoms with Crippen molar-refractivity contribution in [3.63, 3.8) is 0 Å². The number of aryl methyl sites for hydroxylation is 1. The highest BCUT2D eigenvalue weighted by Crippen LogP contribution is 2.27. The molecule has 1 N–H and O–H groups in total. The summed E-state index contributed by atoms with van der Waals surface area (Å²) in [6.07, 6.45) is 0. The van der Waals surface area contributed by atoms with Gasteiger partial charge in [-0.1, -0.05) is 25.1 Å². The SMILES string of the molecule is CCS(=O)(=O)c1cccc(NC(=O)c2ccccc2SCc2csc(C)n2)c1. The fourth-order valence-corrected chi connectivity index (χ4v) is 5.12. The summed E-state index contributed by atoms with van der Waals surface area (Å²) in [7, 11) is -3.33. The molecular weight excluding hydrogens is 412 g/mol. The van der Waals surface area contributed by atoms with Crippen LogP contribution in [-0.2, 0) is 15.6 Å². The quantitative estimate of drug-likeness (QED) is 0.543. The van der Waals surface area contributed by atoms with Crippen molar-refractivity contribution < 1.29 is 13.2 Å². The van der Waals surface area contributed by atoms with Gasteiger partial charge in [-0.2, -0.15) is 0 Å². The molecule has 0 atom stereocenters. The zero-order valence-electron chi connectivity index (χ0n) is 15.5. The lowest BCUT2D eigenvalue weighted by Crippen LogP contribution is -2.13. The van der Waals surface area contributed by atoms with E-state index in [0.29, 0.717) is 17.0 Å². The molecular formula is C20H20N2O3S3. The highest BCUT2D eigenvalue weighted by Gasteiger charge is 2.15. The molecule has 0 spiro atoms. The van der Waals surface area contributed by atoms with Crippen LogP contribution in [0.15, 0.2) is 63.7 Å². The number of carbonyl (C=O) groups excluding carboxylic acids is 1. The van der Waals surface area contributed by atoms with Gasteiger partial charge in [0.05, 0.1) is 26.9 Å². The Morgan fingerprint density at radius 1 is 1.18 bits per heavy atom. The molecule has 28 heavy (non-hydrogen) atoms. The topological polar surface area (TPSA) is 76.1 Å². The lowest BCUT2D eigenvalue weighted by Gasteiger charge is -2.10. The molecule has 0 radical (unpaired) electrons. The van der Waals surface area contributed by atoms with Gasteiger partial charge >= 0.3 is 0 Å². The van der Waals surface area contributed by atoms with E-state index in [4.69, 9.17) is 0 Å². The second-order valence-corrected chi connectivity index (χ2v) is 10.4. The van der Waals surface area contributed by atoms with Crippen LogP contribution in [0.1, 0.15) is 28.0 Å². The Kier molecular flexibility index (Phi) is 6.53. The fraction of sp³-hybridized carbons (Fsp3) is 0.200. The van der Waals surface area contributed by atoms with Gasteiger partial charge in [0, 0.05) is 21.7 Å². The molecule has 0 saturated heterocycles. The van der Waals surface area contributed by atoms with E-state index < -0.39 is 9.84 Å². The van der Waals surface area contributed by atoms with E-state index >= 15 is 0 Å². The Morgan fingerprint density at radius 2 is 1.96 bits per heavy atom. The van der Waals surface area contributed by atoms with E-state index in [0.717, 1.165) is 15.6 Å². The van der Waals surface area contributed by atoms with Crippen molar-refractivity contribution in [1.29, 1.82) is 0 Å². The normalized spacial score (nSPS) is 11.4. The van der Waals surface area contributed by atoms with Crippen LogP contribution in [0.5, 0.6) is 0 Å². The third-order valence-corrected chi connectivity index (χ3v) is 7.67. The van der Waals surface area contributed by atoms with Gasteiger partial charge in [0.15, 0.2) is 9.84 Å². The Labute approximate surface area is 173 Å². The predicted octanol–water partition coefficient (Wildman–Crippen LogP) is 4.79. The first-order valence-corrected chi connectivity index (χ1v) is 12.2. The van der Waals surface area contributed by atoms with E-state index in [1.807, 2.05) is 30.5 Å². The minimum atomic E-state index is -3.33. The van der Waals surface area contributed by atoms with Gasteiger partial charge in [0.25, 0.3) is 5.91 Å². The molecule has 0 aliphatic heterocycles. The molecule has 146 valence electrons. The smallest absolute Gasteiger partial charge is 0.256 e. The lowest BCUT2D eigenvalue weighted by molar-refractivity contribution is 0.102. The summed E-state index contributed by atoms with van der Waals surface area (Å²) in [6.45, 7) is 3.56. The number of benzene rings is 2. The average Bonchev–Trinajstić information content (AvgIpc) is 3.12. The number of anilines is 1. The summed E-state index contributed by atoms with van der Waals surface area (Å²) >= 11 is 3.15. The summed E-state index contributed by atoms with van der Waals surface area (Å²) < 4.78 is 24.1. The molecule has 2 aromatic carbocycles. The fourth-order valence-electron chi connectivity index (χ4n) is 2.54. The number of thioether (sulfide) groups is 1. The van der Waals surface area contributed by atoms with Crippen LogP contribution in [0.3, 0.4) is 0 Å². The van der Waals surface area contributed by atoms with Crippen LogP contribution < -0.4 is 5.32 Å². The highest BCUT2D eigenvalue weighted by molar-refractivity contribution is 7.98. The van der Waals surface area contributed by atoms with Crippen LogP contribution in [0, 0.1) is 6.92 Å². The number of sulfone groups is 1. The van der Waals surface area contributed by atoms with E-state index in [9.17, 15) is 13.2 Å². The number of rotatable bonds is 7. The van der Waals surface area contributed by atoms with Gasteiger partial charge in [-0.3, -0.25) is 4.79 Å². The Balaban J connectivity index is 1.77. The van der Waals surface area contributed by atoms with Gasteiger partial charge in [-0.15, -0.1) is 23.1 Å². The number of hydrogen-bond donors (Lipinski definition) is 1. The average molecular weight is 433 g/mol. The molecule has 5 nitrogen and oxygen atoms in total. The molecule has 0 saturated carbocycles. The van der Waals surface area contributed by atoms with Crippen molar-refractivity contribution in [2.45, 2.75) is 29.4 Å². The Hall–Kier alpha value is -2.16. The van der Waals surface area contributed by atoms with Gasteiger partial charge in [-0.05, 0) is 37.3 Å². The van der Waals surface area contributed by atoms with Crippen molar-refractivity contribution in [3.8, 4) is 0 Å². The zero-order valence-corrected chi connectivity index (χ0v) is 18.0. The van der Waals surface area contributed by atoms with Crippen LogP contribution in [0.25, 0.3) is 0 Å². The summed E-state index contributed by atoms with van der Waals surface area (Å²) in [4.78, 5) is 18.3. The number of nitrogens with zero attached hydrogens (tertiary/aromatic N) is 1. The standard InChI is InChI=1S/C20H20N2O3S3/c1-3-28(24,25)17-8-6-7-15(11-17)22-20(23)18-9-4-5-10-19(18)27-13-16-12-26-14(2)21-16/h4-12H,3,13H2,1-2H3,(H,22,23). The monoisotopic (exact) mass is 432 g/mol. The van der Waals surface area contributed by atoms with Crippen LogP contribution in [0.2, 0.25) is 0 Å². The Bertz CT molecular complexity index is 1090. The molecule has 3 rings (SSSR count). The molecule has 1 heterocycles. The molecule has 8 heteroatoms. The lowest BCUT2D eigenvalue weighted by atomic mass is 10.2. The van der Waals surface area contributed by atoms with E-state index in [-0.39, 0.29) is 16.6 Å². The summed E-state index contributed by atoms with van der Waals surface area (Å²) in [5, 5.41) is 5.84. The van der Waals surface area contributed by atoms with Crippen LogP contribution in [0.4, 0.5) is 5.69 Å². The summed E-state index contributed by atoms with van der Waals surface area (Å²) in [5.74, 6) is 0.419. The zero-order chi connectivity index (χ0) is 20.1. The number of thiazole rings is 1. The largest absolute Gasteiger partial charge is 0.322 e. The maximum atomic E-state index is 12.8. The number of nitrogens with one attached hydrogen (secondary N) is 1. The number of hydrogen-bond acceptors (Lipinski definition) is 6. The van der Waals surface area contributed by atoms with Crippen LogP contribution >= 0.6 is 23.1 Å². The molecule has 0 aliphatic rings. The first kappa shape index (κ1) is 20.6. The van der Waals surface area contributed by atoms with Crippen molar-refractivity contribution in [2.24, 2.45) is 0 Å². The summed E-state index contributed by atoms with van der Waals surface area (Å²) in [6, 6.07) is 13.7. The van der Waals surface area contributed by atoms with Gasteiger partial charge in [0.2, 0.25) is 0 Å². The molecule has 1 amide bonds.